The van der Waals surface area contributed by atoms with E-state index in [9.17, 15) is 18.0 Å². The van der Waals surface area contributed by atoms with E-state index in [0.29, 0.717) is 32.5 Å². The largest absolute Gasteiger partial charge is 0.441 e. The summed E-state index contributed by atoms with van der Waals surface area (Å²) in [6.07, 6.45) is 7.49. The molecular formula is C19H25ClN2O5S2. The molecule has 0 bridgehead atoms. The number of nitrogens with zero attached hydrogens (tertiary/aromatic N) is 2. The molecule has 1 aliphatic carbocycles. The van der Waals surface area contributed by atoms with Gasteiger partial charge in [0.15, 0.2) is 9.84 Å². The molecule has 0 unspecified atom stereocenters. The number of amides is 2. The van der Waals surface area contributed by atoms with E-state index in [0.717, 1.165) is 43.3 Å². The predicted octanol–water partition coefficient (Wildman–Crippen LogP) is 3.56. The number of carbonyl (C=O) groups is 2. The Balaban J connectivity index is 1.39. The van der Waals surface area contributed by atoms with E-state index >= 15 is 0 Å². The van der Waals surface area contributed by atoms with Crippen LogP contribution in [0.2, 0.25) is 5.02 Å². The van der Waals surface area contributed by atoms with Crippen molar-refractivity contribution in [3.05, 3.63) is 15.3 Å². The van der Waals surface area contributed by atoms with Gasteiger partial charge in [0.05, 0.1) is 16.5 Å². The highest BCUT2D eigenvalue weighted by molar-refractivity contribution is 7.91. The molecule has 3 heterocycles. The molecule has 4 rings (SSSR count). The van der Waals surface area contributed by atoms with Gasteiger partial charge in [0.2, 0.25) is 0 Å². The molecule has 1 aromatic heterocycles. The number of piperidine rings is 1. The molecule has 29 heavy (non-hydrogen) atoms. The van der Waals surface area contributed by atoms with E-state index in [2.05, 4.69) is 0 Å². The minimum absolute atomic E-state index is 0.00000484. The summed E-state index contributed by atoms with van der Waals surface area (Å²) in [6.45, 7) is 1.66. The number of likely N-dealkylation sites (tertiary alicyclic amines) is 1. The van der Waals surface area contributed by atoms with E-state index in [4.69, 9.17) is 16.3 Å². The molecule has 7 nitrogen and oxygen atoms in total. The van der Waals surface area contributed by atoms with Gasteiger partial charge in [-0.05, 0) is 38.5 Å². The van der Waals surface area contributed by atoms with E-state index in [1.165, 1.54) is 11.8 Å². The van der Waals surface area contributed by atoms with Crippen LogP contribution in [0.5, 0.6) is 0 Å². The predicted molar refractivity (Wildman–Crippen MR) is 110 cm³/mol. The topological polar surface area (TPSA) is 84.0 Å². The number of sulfone groups is 1. The highest BCUT2D eigenvalue weighted by atomic mass is 35.5. The average Bonchev–Trinajstić information content (AvgIpc) is 3.22. The Bertz CT molecular complexity index is 915. The molecule has 1 aromatic rings. The van der Waals surface area contributed by atoms with Crippen molar-refractivity contribution >= 4 is 44.8 Å². The molecule has 0 aromatic carbocycles. The highest BCUT2D eigenvalue weighted by Crippen LogP contribution is 2.39. The molecular weight excluding hydrogens is 436 g/mol. The quantitative estimate of drug-likeness (QED) is 0.688. The summed E-state index contributed by atoms with van der Waals surface area (Å²) in [7, 11) is -3.47. The maximum absolute atomic E-state index is 12.8. The number of carbonyl (C=O) groups excluding carboxylic acids is 2. The normalized spacial score (nSPS) is 22.9. The van der Waals surface area contributed by atoms with Crippen molar-refractivity contribution in [2.45, 2.75) is 61.5 Å². The Morgan fingerprint density at radius 1 is 1.24 bits per heavy atom. The van der Waals surface area contributed by atoms with Crippen LogP contribution in [0.1, 0.15) is 54.6 Å². The molecule has 0 radical (unpaired) electrons. The van der Waals surface area contributed by atoms with Crippen molar-refractivity contribution in [2.24, 2.45) is 0 Å². The Labute approximate surface area is 179 Å². The van der Waals surface area contributed by atoms with Crippen LogP contribution in [-0.4, -0.2) is 67.8 Å². The minimum atomic E-state index is -3.47. The zero-order valence-electron chi connectivity index (χ0n) is 16.4. The van der Waals surface area contributed by atoms with Gasteiger partial charge in [-0.2, -0.15) is 0 Å². The Kier molecular flexibility index (Phi) is 5.59. The number of hydrogen-bond acceptors (Lipinski definition) is 6. The van der Waals surface area contributed by atoms with Crippen LogP contribution in [0.4, 0.5) is 4.79 Å². The van der Waals surface area contributed by atoms with Gasteiger partial charge in [-0.15, -0.1) is 11.3 Å². The van der Waals surface area contributed by atoms with Gasteiger partial charge >= 0.3 is 6.09 Å². The van der Waals surface area contributed by atoms with Crippen LogP contribution >= 0.6 is 22.9 Å². The lowest BCUT2D eigenvalue weighted by molar-refractivity contribution is 0.0259. The van der Waals surface area contributed by atoms with Gasteiger partial charge in [-0.1, -0.05) is 18.0 Å². The van der Waals surface area contributed by atoms with Crippen molar-refractivity contribution < 1.29 is 22.7 Å². The second kappa shape index (κ2) is 7.74. The minimum Gasteiger partial charge on any atom is -0.441 e. The van der Waals surface area contributed by atoms with Gasteiger partial charge in [-0.25, -0.2) is 13.2 Å². The van der Waals surface area contributed by atoms with E-state index in [-0.39, 0.29) is 38.4 Å². The third-order valence-corrected chi connectivity index (χ3v) is 9.10. The molecule has 0 N–H and O–H groups in total. The van der Waals surface area contributed by atoms with Crippen molar-refractivity contribution in [3.8, 4) is 0 Å². The fourth-order valence-electron chi connectivity index (χ4n) is 4.63. The molecule has 2 saturated heterocycles. The number of rotatable bonds is 3. The summed E-state index contributed by atoms with van der Waals surface area (Å²) in [6, 6.07) is 0.0678. The molecule has 10 heteroatoms. The molecule has 1 spiro atoms. The third-order valence-electron chi connectivity index (χ3n) is 6.25. The van der Waals surface area contributed by atoms with Crippen LogP contribution in [0, 0.1) is 0 Å². The summed E-state index contributed by atoms with van der Waals surface area (Å²) in [5, 5.41) is 1.42. The van der Waals surface area contributed by atoms with Gasteiger partial charge in [0, 0.05) is 30.8 Å². The number of halogens is 1. The average molecular weight is 461 g/mol. The molecule has 1 saturated carbocycles. The lowest BCUT2D eigenvalue weighted by Crippen LogP contribution is -2.48. The summed E-state index contributed by atoms with van der Waals surface area (Å²) < 4.78 is 29.3. The summed E-state index contributed by atoms with van der Waals surface area (Å²) in [5.41, 5.74) is -0.311. The third kappa shape index (κ3) is 4.01. The standard InChI is InChI=1S/C19H25ClN2O5S2/c1-29(25,26)14-11-28-16(15(14)20)17(23)21-9-5-13(6-10-21)22-12-19(27-18(22)24)7-3-2-4-8-19/h11,13H,2-10,12H2,1H3. The van der Waals surface area contributed by atoms with E-state index < -0.39 is 9.84 Å². The first-order valence-corrected chi connectivity index (χ1v) is 13.1. The van der Waals surface area contributed by atoms with Gasteiger partial charge in [-0.3, -0.25) is 4.79 Å². The first kappa shape index (κ1) is 20.9. The first-order valence-electron chi connectivity index (χ1n) is 9.96. The molecule has 3 fully saturated rings. The van der Waals surface area contributed by atoms with Crippen molar-refractivity contribution in [3.63, 3.8) is 0 Å². The molecule has 0 atom stereocenters. The number of thiophene rings is 1. The van der Waals surface area contributed by atoms with Crippen molar-refractivity contribution in [1.29, 1.82) is 0 Å². The van der Waals surface area contributed by atoms with Crippen LogP contribution in [0.15, 0.2) is 10.3 Å². The first-order chi connectivity index (χ1) is 13.7. The Hall–Kier alpha value is -1.32. The monoisotopic (exact) mass is 460 g/mol. The van der Waals surface area contributed by atoms with E-state index in [1.807, 2.05) is 4.90 Å². The Morgan fingerprint density at radius 2 is 1.90 bits per heavy atom. The zero-order chi connectivity index (χ0) is 20.8. The lowest BCUT2D eigenvalue weighted by Gasteiger charge is -2.36. The molecule has 2 aliphatic heterocycles. The van der Waals surface area contributed by atoms with Crippen molar-refractivity contribution in [2.75, 3.05) is 25.9 Å². The van der Waals surface area contributed by atoms with Gasteiger partial charge < -0.3 is 14.5 Å². The van der Waals surface area contributed by atoms with Crippen LogP contribution in [0.3, 0.4) is 0 Å². The molecule has 3 aliphatic rings. The lowest BCUT2D eigenvalue weighted by atomic mass is 9.84. The van der Waals surface area contributed by atoms with Crippen molar-refractivity contribution in [1.82, 2.24) is 9.80 Å². The van der Waals surface area contributed by atoms with Gasteiger partial charge in [0.1, 0.15) is 10.5 Å². The highest BCUT2D eigenvalue weighted by Gasteiger charge is 2.48. The number of hydrogen-bond donors (Lipinski definition) is 0. The van der Waals surface area contributed by atoms with Gasteiger partial charge in [0.25, 0.3) is 5.91 Å². The van der Waals surface area contributed by atoms with Crippen LogP contribution < -0.4 is 0 Å². The number of ether oxygens (including phenoxy) is 1. The molecule has 160 valence electrons. The van der Waals surface area contributed by atoms with E-state index in [1.54, 1.807) is 4.90 Å². The second-order valence-corrected chi connectivity index (χ2v) is 11.5. The smallest absolute Gasteiger partial charge is 0.410 e. The summed E-state index contributed by atoms with van der Waals surface area (Å²) >= 11 is 7.23. The van der Waals surface area contributed by atoms with Crippen LogP contribution in [0.25, 0.3) is 0 Å². The second-order valence-electron chi connectivity index (χ2n) is 8.28. The maximum atomic E-state index is 12.8. The Morgan fingerprint density at radius 3 is 2.48 bits per heavy atom. The maximum Gasteiger partial charge on any atom is 0.410 e. The van der Waals surface area contributed by atoms with Crippen LogP contribution in [-0.2, 0) is 14.6 Å². The summed E-state index contributed by atoms with van der Waals surface area (Å²) in [5.74, 6) is -0.249. The fourth-order valence-corrected chi connectivity index (χ4v) is 7.51. The molecule has 2 amide bonds. The zero-order valence-corrected chi connectivity index (χ0v) is 18.7. The SMILES string of the molecule is CS(=O)(=O)c1csc(C(=O)N2CCC(N3CC4(CCCCC4)OC3=O)CC2)c1Cl. The fraction of sp³-hybridized carbons (Fsp3) is 0.684. The summed E-state index contributed by atoms with van der Waals surface area (Å²) in [4.78, 5) is 29.1.